The number of nitrogen functional groups attached to an aromatic ring is 1. The van der Waals surface area contributed by atoms with E-state index in [0.29, 0.717) is 11.3 Å². The lowest BCUT2D eigenvalue weighted by Gasteiger charge is -1.99. The molecule has 3 aromatic rings. The first kappa shape index (κ1) is 15.3. The summed E-state index contributed by atoms with van der Waals surface area (Å²) in [4.78, 5) is 12.1. The van der Waals surface area contributed by atoms with Crippen LogP contribution in [0.15, 0.2) is 34.0 Å². The van der Waals surface area contributed by atoms with E-state index in [1.165, 1.54) is 29.1 Å². The molecular formula is C13H11FN8O2. The number of carbonyl (C=O) groups is 1. The smallest absolute Gasteiger partial charge is 0.293 e. The Morgan fingerprint density at radius 2 is 2.29 bits per heavy atom. The van der Waals surface area contributed by atoms with Crippen LogP contribution in [0.4, 0.5) is 10.2 Å². The predicted octanol–water partition coefficient (Wildman–Crippen LogP) is 0.444. The number of nitrogens with one attached hydrogen (secondary N) is 1. The molecule has 2 heterocycles. The van der Waals surface area contributed by atoms with Gasteiger partial charge in [0.2, 0.25) is 11.6 Å². The summed E-state index contributed by atoms with van der Waals surface area (Å²) >= 11 is 0. The van der Waals surface area contributed by atoms with Crippen molar-refractivity contribution in [3.63, 3.8) is 0 Å². The highest BCUT2D eigenvalue weighted by molar-refractivity contribution is 5.94. The third-order valence-electron chi connectivity index (χ3n) is 3.03. The number of rotatable bonds is 4. The first-order chi connectivity index (χ1) is 11.6. The van der Waals surface area contributed by atoms with E-state index >= 15 is 0 Å². The number of nitrogens with two attached hydrogens (primary N) is 1. The minimum Gasteiger partial charge on any atom is -0.378 e. The Labute approximate surface area is 134 Å². The molecule has 3 N–H and O–H groups in total. The molecule has 0 unspecified atom stereocenters. The summed E-state index contributed by atoms with van der Waals surface area (Å²) in [5.74, 6) is -0.856. The molecule has 1 aromatic carbocycles. The summed E-state index contributed by atoms with van der Waals surface area (Å²) in [6.45, 7) is 1.60. The number of amides is 1. The minimum atomic E-state index is -0.596. The molecule has 122 valence electrons. The zero-order chi connectivity index (χ0) is 17.1. The zero-order valence-electron chi connectivity index (χ0n) is 12.3. The number of benzene rings is 1. The predicted molar refractivity (Wildman–Crippen MR) is 79.8 cm³/mol. The average molecular weight is 330 g/mol. The summed E-state index contributed by atoms with van der Waals surface area (Å²) in [5.41, 5.74) is 8.75. The van der Waals surface area contributed by atoms with Crippen LogP contribution < -0.4 is 11.2 Å². The van der Waals surface area contributed by atoms with Crippen LogP contribution in [0.25, 0.3) is 5.82 Å². The molecule has 0 bridgehead atoms. The molecule has 0 aliphatic rings. The number of halogens is 1. The van der Waals surface area contributed by atoms with E-state index in [4.69, 9.17) is 5.73 Å². The van der Waals surface area contributed by atoms with E-state index in [0.717, 1.165) is 0 Å². The second-order valence-electron chi connectivity index (χ2n) is 4.66. The van der Waals surface area contributed by atoms with Crippen LogP contribution in [-0.4, -0.2) is 37.4 Å². The van der Waals surface area contributed by atoms with E-state index in [1.807, 2.05) is 0 Å². The van der Waals surface area contributed by atoms with E-state index in [-0.39, 0.29) is 17.3 Å². The topological polar surface area (TPSA) is 137 Å². The molecule has 0 spiro atoms. The second-order valence-corrected chi connectivity index (χ2v) is 4.66. The Balaban J connectivity index is 1.74. The van der Waals surface area contributed by atoms with Gasteiger partial charge in [0.1, 0.15) is 5.82 Å². The molecule has 0 saturated heterocycles. The number of carbonyl (C=O) groups excluding carboxylic acids is 1. The van der Waals surface area contributed by atoms with Crippen LogP contribution in [0.2, 0.25) is 0 Å². The Kier molecular flexibility index (Phi) is 3.97. The summed E-state index contributed by atoms with van der Waals surface area (Å²) < 4.78 is 18.7. The van der Waals surface area contributed by atoms with Gasteiger partial charge in [-0.1, -0.05) is 17.3 Å². The molecule has 0 atom stereocenters. The van der Waals surface area contributed by atoms with Gasteiger partial charge in [0, 0.05) is 0 Å². The van der Waals surface area contributed by atoms with E-state index < -0.39 is 11.7 Å². The number of aromatic nitrogens is 5. The molecule has 10 nitrogen and oxygen atoms in total. The first-order valence-corrected chi connectivity index (χ1v) is 6.66. The van der Waals surface area contributed by atoms with Gasteiger partial charge < -0.3 is 5.73 Å². The van der Waals surface area contributed by atoms with Crippen LogP contribution in [0.5, 0.6) is 0 Å². The first-order valence-electron chi connectivity index (χ1n) is 6.66. The molecular weight excluding hydrogens is 319 g/mol. The van der Waals surface area contributed by atoms with Gasteiger partial charge in [0.05, 0.1) is 11.9 Å². The second kappa shape index (κ2) is 6.24. The molecule has 1 amide bonds. The van der Waals surface area contributed by atoms with Gasteiger partial charge in [-0.2, -0.15) is 9.78 Å². The van der Waals surface area contributed by atoms with E-state index in [2.05, 4.69) is 35.8 Å². The van der Waals surface area contributed by atoms with Crippen molar-refractivity contribution in [2.24, 2.45) is 5.10 Å². The maximum atomic E-state index is 13.0. The standard InChI is InChI=1S/C13H11FN8O2/c1-7-10(17-21-22(7)12-11(15)19-24-20-12)13(23)18-16-6-8-3-2-4-9(14)5-8/h2-6H,1H3,(H2,15,19)(H,18,23)/b16-6-. The summed E-state index contributed by atoms with van der Waals surface area (Å²) in [7, 11) is 0. The van der Waals surface area contributed by atoms with E-state index in [1.54, 1.807) is 13.0 Å². The van der Waals surface area contributed by atoms with Crippen molar-refractivity contribution >= 4 is 17.9 Å². The number of hydrogen-bond acceptors (Lipinski definition) is 8. The van der Waals surface area contributed by atoms with Crippen LogP contribution in [-0.2, 0) is 0 Å². The summed E-state index contributed by atoms with van der Waals surface area (Å²) in [6, 6.07) is 5.75. The Morgan fingerprint density at radius 1 is 1.46 bits per heavy atom. The van der Waals surface area contributed by atoms with Crippen molar-refractivity contribution in [3.8, 4) is 5.82 Å². The average Bonchev–Trinajstić information content (AvgIpc) is 3.13. The van der Waals surface area contributed by atoms with Gasteiger partial charge in [-0.15, -0.1) is 5.10 Å². The van der Waals surface area contributed by atoms with Crippen molar-refractivity contribution in [2.45, 2.75) is 6.92 Å². The number of nitrogens with zero attached hydrogens (tertiary/aromatic N) is 6. The van der Waals surface area contributed by atoms with Crippen LogP contribution in [0, 0.1) is 12.7 Å². The number of anilines is 1. The third kappa shape index (κ3) is 2.95. The molecule has 24 heavy (non-hydrogen) atoms. The van der Waals surface area contributed by atoms with Crippen molar-refractivity contribution in [3.05, 3.63) is 47.0 Å². The van der Waals surface area contributed by atoms with Crippen LogP contribution in [0.1, 0.15) is 21.7 Å². The fraction of sp³-hybridized carbons (Fsp3) is 0.0769. The molecule has 0 aliphatic carbocycles. The fourth-order valence-corrected chi connectivity index (χ4v) is 1.88. The molecule has 3 rings (SSSR count). The van der Waals surface area contributed by atoms with Gasteiger partial charge in [-0.3, -0.25) is 4.79 Å². The summed E-state index contributed by atoms with van der Waals surface area (Å²) in [5, 5.41) is 18.3. The minimum absolute atomic E-state index is 0.0130. The molecule has 2 aromatic heterocycles. The molecule has 0 saturated carbocycles. The van der Waals surface area contributed by atoms with Gasteiger partial charge in [-0.25, -0.2) is 14.4 Å². The lowest BCUT2D eigenvalue weighted by molar-refractivity contribution is 0.0949. The normalized spacial score (nSPS) is 11.1. The highest BCUT2D eigenvalue weighted by Gasteiger charge is 2.20. The fourth-order valence-electron chi connectivity index (χ4n) is 1.88. The SMILES string of the molecule is Cc1c(C(=O)N/N=C\c2cccc(F)c2)nnn1-c1nonc1N. The highest BCUT2D eigenvalue weighted by atomic mass is 19.1. The molecule has 0 fully saturated rings. The Hall–Kier alpha value is -3.63. The maximum Gasteiger partial charge on any atom is 0.293 e. The lowest BCUT2D eigenvalue weighted by atomic mass is 10.2. The maximum absolute atomic E-state index is 13.0. The number of hydrazone groups is 1. The van der Waals surface area contributed by atoms with Gasteiger partial charge in [-0.05, 0) is 34.9 Å². The van der Waals surface area contributed by atoms with Crippen molar-refractivity contribution in [1.82, 2.24) is 30.7 Å². The lowest BCUT2D eigenvalue weighted by Crippen LogP contribution is -2.19. The van der Waals surface area contributed by atoms with Crippen molar-refractivity contribution in [1.29, 1.82) is 0 Å². The molecule has 0 aliphatic heterocycles. The summed E-state index contributed by atoms with van der Waals surface area (Å²) in [6.07, 6.45) is 1.31. The number of hydrogen-bond donors (Lipinski definition) is 2. The van der Waals surface area contributed by atoms with Crippen molar-refractivity contribution in [2.75, 3.05) is 5.73 Å². The van der Waals surface area contributed by atoms with Crippen molar-refractivity contribution < 1.29 is 13.8 Å². The zero-order valence-corrected chi connectivity index (χ0v) is 12.3. The monoisotopic (exact) mass is 330 g/mol. The highest BCUT2D eigenvalue weighted by Crippen LogP contribution is 2.14. The Bertz CT molecular complexity index is 916. The van der Waals surface area contributed by atoms with Crippen LogP contribution >= 0.6 is 0 Å². The largest absolute Gasteiger partial charge is 0.378 e. The van der Waals surface area contributed by atoms with Gasteiger partial charge in [0.15, 0.2) is 5.69 Å². The van der Waals surface area contributed by atoms with E-state index in [9.17, 15) is 9.18 Å². The third-order valence-corrected chi connectivity index (χ3v) is 3.03. The van der Waals surface area contributed by atoms with Crippen LogP contribution in [0.3, 0.4) is 0 Å². The van der Waals surface area contributed by atoms with Gasteiger partial charge in [0.25, 0.3) is 5.91 Å². The quantitative estimate of drug-likeness (QED) is 0.523. The van der Waals surface area contributed by atoms with Gasteiger partial charge >= 0.3 is 0 Å². The Morgan fingerprint density at radius 3 is 3.00 bits per heavy atom. The molecule has 0 radical (unpaired) electrons. The molecule has 11 heteroatoms.